The van der Waals surface area contributed by atoms with Crippen molar-refractivity contribution in [3.63, 3.8) is 0 Å². The number of nitrogens with zero attached hydrogens (tertiary/aromatic N) is 2. The Kier molecular flexibility index (Phi) is 3.97. The van der Waals surface area contributed by atoms with Gasteiger partial charge in [-0.1, -0.05) is 30.0 Å². The Morgan fingerprint density at radius 1 is 0.741 bits per heavy atom. The van der Waals surface area contributed by atoms with E-state index in [0.717, 1.165) is 4.90 Å². The fraction of sp³-hybridized carbons (Fsp3) is 0. The Balaban J connectivity index is 1.94. The molecule has 0 radical (unpaired) electrons. The van der Waals surface area contributed by atoms with Gasteiger partial charge in [0.05, 0.1) is 9.85 Å². The van der Waals surface area contributed by atoms with Crippen molar-refractivity contribution in [1.82, 2.24) is 0 Å². The van der Waals surface area contributed by atoms with E-state index in [2.05, 4.69) is 0 Å². The zero-order valence-electron chi connectivity index (χ0n) is 13.6. The van der Waals surface area contributed by atoms with Crippen molar-refractivity contribution in [2.24, 2.45) is 0 Å². The summed E-state index contributed by atoms with van der Waals surface area (Å²) in [6.07, 6.45) is 0. The van der Waals surface area contributed by atoms with Gasteiger partial charge in [-0.05, 0) is 23.8 Å². The molecule has 0 spiro atoms. The molecule has 7 nitrogen and oxygen atoms in total. The van der Waals surface area contributed by atoms with E-state index in [0.29, 0.717) is 16.0 Å². The van der Waals surface area contributed by atoms with Crippen LogP contribution < -0.4 is 0 Å². The van der Waals surface area contributed by atoms with Gasteiger partial charge in [0, 0.05) is 50.7 Å². The maximum Gasteiger partial charge on any atom is 0.271 e. The molecule has 1 aliphatic rings. The highest BCUT2D eigenvalue weighted by Gasteiger charge is 2.33. The van der Waals surface area contributed by atoms with Gasteiger partial charge in [-0.2, -0.15) is 0 Å². The summed E-state index contributed by atoms with van der Waals surface area (Å²) in [7, 11) is 0. The minimum Gasteiger partial charge on any atom is -0.289 e. The molecule has 132 valence electrons. The summed E-state index contributed by atoms with van der Waals surface area (Å²) in [4.78, 5) is 35.5. The number of nitro benzene ring substituents is 2. The number of hydrogen-bond acceptors (Lipinski definition) is 6. The van der Waals surface area contributed by atoms with E-state index in [1.807, 2.05) is 30.3 Å². The lowest BCUT2D eigenvalue weighted by molar-refractivity contribution is -0.385. The second kappa shape index (κ2) is 6.33. The Hall–Kier alpha value is -3.52. The van der Waals surface area contributed by atoms with Gasteiger partial charge in [0.25, 0.3) is 11.4 Å². The predicted molar refractivity (Wildman–Crippen MR) is 99.2 cm³/mol. The fourth-order valence-corrected chi connectivity index (χ4v) is 4.10. The van der Waals surface area contributed by atoms with Crippen molar-refractivity contribution in [2.45, 2.75) is 9.79 Å². The number of nitro groups is 2. The largest absolute Gasteiger partial charge is 0.289 e. The van der Waals surface area contributed by atoms with Crippen LogP contribution in [0.2, 0.25) is 0 Å². The number of benzene rings is 3. The van der Waals surface area contributed by atoms with Gasteiger partial charge in [0.2, 0.25) is 0 Å². The van der Waals surface area contributed by atoms with Crippen molar-refractivity contribution in [3.05, 3.63) is 92.0 Å². The molecular weight excluding hydrogens is 368 g/mol. The second-order valence-electron chi connectivity index (χ2n) is 5.85. The number of rotatable bonds is 4. The Morgan fingerprint density at radius 2 is 1.41 bits per heavy atom. The average Bonchev–Trinajstić information content (AvgIpc) is 2.95. The zero-order valence-corrected chi connectivity index (χ0v) is 14.4. The summed E-state index contributed by atoms with van der Waals surface area (Å²) >= 11 is 1.31. The molecule has 0 amide bonds. The molecule has 0 N–H and O–H groups in total. The highest BCUT2D eigenvalue weighted by Crippen LogP contribution is 2.47. The Labute approximate surface area is 156 Å². The number of hydrogen-bond donors (Lipinski definition) is 0. The first-order valence-corrected chi connectivity index (χ1v) is 8.66. The van der Waals surface area contributed by atoms with Crippen LogP contribution in [0.25, 0.3) is 11.1 Å². The zero-order chi connectivity index (χ0) is 19.1. The number of carbonyl (C=O) groups is 1. The summed E-state index contributed by atoms with van der Waals surface area (Å²) in [6, 6.07) is 16.0. The van der Waals surface area contributed by atoms with Gasteiger partial charge in [-0.3, -0.25) is 25.0 Å². The second-order valence-corrected chi connectivity index (χ2v) is 6.97. The van der Waals surface area contributed by atoms with Crippen LogP contribution in [-0.2, 0) is 0 Å². The first kappa shape index (κ1) is 16.9. The van der Waals surface area contributed by atoms with Crippen molar-refractivity contribution < 1.29 is 14.6 Å². The van der Waals surface area contributed by atoms with Crippen molar-refractivity contribution >= 4 is 28.9 Å². The minimum atomic E-state index is -0.571. The third-order valence-corrected chi connectivity index (χ3v) is 5.29. The lowest BCUT2D eigenvalue weighted by atomic mass is 10.0. The van der Waals surface area contributed by atoms with E-state index in [1.165, 1.54) is 42.1 Å². The van der Waals surface area contributed by atoms with Gasteiger partial charge >= 0.3 is 0 Å². The normalized spacial score (nSPS) is 11.8. The first-order valence-electron chi connectivity index (χ1n) is 7.84. The van der Waals surface area contributed by atoms with Gasteiger partial charge in [-0.15, -0.1) is 0 Å². The lowest BCUT2D eigenvalue weighted by Crippen LogP contribution is -1.98. The molecule has 0 fully saturated rings. The molecule has 0 saturated heterocycles. The molecule has 0 heterocycles. The molecule has 0 aliphatic heterocycles. The minimum absolute atomic E-state index is 0.189. The standard InChI is InChI=1S/C19H10N2O5S/c22-19-15-8-11(20(23)24)6-7-14(15)18-16(19)9-12(21(25)26)10-17(18)27-13-4-2-1-3-5-13/h1-10H. The molecule has 3 aromatic rings. The van der Waals surface area contributed by atoms with E-state index in [1.54, 1.807) is 0 Å². The monoisotopic (exact) mass is 378 g/mol. The third kappa shape index (κ3) is 2.85. The lowest BCUT2D eigenvalue weighted by Gasteiger charge is -2.09. The van der Waals surface area contributed by atoms with Gasteiger partial charge in [0.1, 0.15) is 0 Å². The number of carbonyl (C=O) groups excluding carboxylic acids is 1. The SMILES string of the molecule is O=C1c2cc([N+](=O)[O-])ccc2-c2c(Sc3ccccc3)cc([N+](=O)[O-])cc21. The third-order valence-electron chi connectivity index (χ3n) is 4.24. The van der Waals surface area contributed by atoms with Crippen LogP contribution in [0, 0.1) is 20.2 Å². The van der Waals surface area contributed by atoms with E-state index in [9.17, 15) is 25.0 Å². The van der Waals surface area contributed by atoms with Crippen LogP contribution in [0.15, 0.2) is 70.5 Å². The van der Waals surface area contributed by atoms with Gasteiger partial charge in [0.15, 0.2) is 5.78 Å². The molecule has 1 aliphatic carbocycles. The molecule has 0 saturated carbocycles. The molecule has 27 heavy (non-hydrogen) atoms. The quantitative estimate of drug-likeness (QED) is 0.371. The maximum atomic E-state index is 12.8. The van der Waals surface area contributed by atoms with Crippen LogP contribution in [0.3, 0.4) is 0 Å². The molecule has 0 unspecified atom stereocenters. The van der Waals surface area contributed by atoms with Crippen molar-refractivity contribution in [3.8, 4) is 11.1 Å². The Morgan fingerprint density at radius 3 is 2.07 bits per heavy atom. The average molecular weight is 378 g/mol. The van der Waals surface area contributed by atoms with Crippen LogP contribution in [0.1, 0.15) is 15.9 Å². The molecule has 4 rings (SSSR count). The highest BCUT2D eigenvalue weighted by molar-refractivity contribution is 7.99. The summed E-state index contributed by atoms with van der Waals surface area (Å²) in [5.41, 5.74) is 1.12. The maximum absolute atomic E-state index is 12.8. The highest BCUT2D eigenvalue weighted by atomic mass is 32.2. The number of fused-ring (bicyclic) bond motifs is 3. The van der Waals surface area contributed by atoms with Crippen LogP contribution in [0.4, 0.5) is 11.4 Å². The van der Waals surface area contributed by atoms with Crippen molar-refractivity contribution in [2.75, 3.05) is 0 Å². The van der Waals surface area contributed by atoms with Crippen molar-refractivity contribution in [1.29, 1.82) is 0 Å². The first-order chi connectivity index (χ1) is 13.0. The topological polar surface area (TPSA) is 103 Å². The smallest absolute Gasteiger partial charge is 0.271 e. The molecule has 3 aromatic carbocycles. The molecule has 8 heteroatoms. The van der Waals surface area contributed by atoms with Gasteiger partial charge < -0.3 is 0 Å². The molecular formula is C19H10N2O5S. The van der Waals surface area contributed by atoms with E-state index in [-0.39, 0.29) is 22.5 Å². The molecule has 0 aromatic heterocycles. The molecule has 0 atom stereocenters. The summed E-state index contributed by atoms with van der Waals surface area (Å²) in [5.74, 6) is -0.442. The summed E-state index contributed by atoms with van der Waals surface area (Å²) < 4.78 is 0. The van der Waals surface area contributed by atoms with E-state index >= 15 is 0 Å². The van der Waals surface area contributed by atoms with E-state index < -0.39 is 15.6 Å². The van der Waals surface area contributed by atoms with Crippen LogP contribution >= 0.6 is 11.8 Å². The Bertz CT molecular complexity index is 1130. The van der Waals surface area contributed by atoms with Crippen LogP contribution in [-0.4, -0.2) is 15.6 Å². The number of non-ortho nitro benzene ring substituents is 2. The predicted octanol–water partition coefficient (Wildman–Crippen LogP) is 4.87. The van der Waals surface area contributed by atoms with Crippen LogP contribution in [0.5, 0.6) is 0 Å². The number of ketones is 1. The van der Waals surface area contributed by atoms with Gasteiger partial charge in [-0.25, -0.2) is 0 Å². The fourth-order valence-electron chi connectivity index (χ4n) is 3.06. The van der Waals surface area contributed by atoms with E-state index in [4.69, 9.17) is 0 Å². The summed E-state index contributed by atoms with van der Waals surface area (Å²) in [5, 5.41) is 22.4. The summed E-state index contributed by atoms with van der Waals surface area (Å²) in [6.45, 7) is 0. The molecule has 0 bridgehead atoms.